The van der Waals surface area contributed by atoms with Crippen LogP contribution in [0, 0.1) is 6.92 Å². The van der Waals surface area contributed by atoms with E-state index in [9.17, 15) is 4.79 Å². The van der Waals surface area contributed by atoms with Gasteiger partial charge in [-0.05, 0) is 43.3 Å². The molecule has 0 aliphatic rings. The molecule has 1 N–H and O–H groups in total. The average molecular weight is 334 g/mol. The van der Waals surface area contributed by atoms with Crippen molar-refractivity contribution in [3.05, 3.63) is 64.1 Å². The van der Waals surface area contributed by atoms with Gasteiger partial charge in [-0.25, -0.2) is 0 Å². The highest BCUT2D eigenvalue weighted by Crippen LogP contribution is 2.15. The van der Waals surface area contributed by atoms with Crippen molar-refractivity contribution in [3.63, 3.8) is 0 Å². The van der Waals surface area contributed by atoms with E-state index in [-0.39, 0.29) is 5.91 Å². The monoisotopic (exact) mass is 333 g/mol. The Morgan fingerprint density at radius 1 is 1.10 bits per heavy atom. The summed E-state index contributed by atoms with van der Waals surface area (Å²) in [6.07, 6.45) is 0. The number of amides is 1. The number of halogens is 1. The number of benzene rings is 2. The Balaban J connectivity index is 1.74. The maximum atomic E-state index is 11.8. The van der Waals surface area contributed by atoms with Crippen LogP contribution in [-0.2, 0) is 0 Å². The van der Waals surface area contributed by atoms with Crippen LogP contribution < -0.4 is 10.1 Å². The highest BCUT2D eigenvalue weighted by atomic mass is 79.9. The Hall–Kier alpha value is -1.81. The Morgan fingerprint density at radius 2 is 1.75 bits per heavy atom. The zero-order chi connectivity index (χ0) is 14.4. The minimum Gasteiger partial charge on any atom is -0.492 e. The summed E-state index contributed by atoms with van der Waals surface area (Å²) in [5, 5.41) is 2.83. The van der Waals surface area contributed by atoms with Gasteiger partial charge in [-0.2, -0.15) is 0 Å². The fourth-order valence-electron chi connectivity index (χ4n) is 1.67. The van der Waals surface area contributed by atoms with Gasteiger partial charge in [0.1, 0.15) is 12.4 Å². The number of nitrogens with one attached hydrogen (secondary N) is 1. The van der Waals surface area contributed by atoms with Gasteiger partial charge in [-0.3, -0.25) is 4.79 Å². The van der Waals surface area contributed by atoms with Crippen molar-refractivity contribution < 1.29 is 9.53 Å². The first-order chi connectivity index (χ1) is 9.65. The van der Waals surface area contributed by atoms with Crippen LogP contribution in [0.5, 0.6) is 5.75 Å². The van der Waals surface area contributed by atoms with Crippen molar-refractivity contribution in [1.29, 1.82) is 0 Å². The molecule has 1 amide bonds. The van der Waals surface area contributed by atoms with Crippen molar-refractivity contribution in [2.24, 2.45) is 0 Å². The third-order valence-corrected chi connectivity index (χ3v) is 3.31. The van der Waals surface area contributed by atoms with E-state index in [1.807, 2.05) is 55.5 Å². The van der Waals surface area contributed by atoms with Crippen molar-refractivity contribution >= 4 is 21.8 Å². The third kappa shape index (κ3) is 4.38. The summed E-state index contributed by atoms with van der Waals surface area (Å²) < 4.78 is 6.54. The van der Waals surface area contributed by atoms with Crippen LogP contribution in [-0.4, -0.2) is 19.1 Å². The van der Waals surface area contributed by atoms with E-state index in [4.69, 9.17) is 4.74 Å². The molecule has 0 saturated heterocycles. The Bertz CT molecular complexity index is 564. The number of aryl methyl sites for hydroxylation is 1. The van der Waals surface area contributed by atoms with E-state index in [2.05, 4.69) is 21.2 Å². The number of rotatable bonds is 5. The van der Waals surface area contributed by atoms with Crippen LogP contribution in [0.4, 0.5) is 0 Å². The van der Waals surface area contributed by atoms with Crippen LogP contribution >= 0.6 is 15.9 Å². The van der Waals surface area contributed by atoms with Crippen molar-refractivity contribution in [2.75, 3.05) is 13.2 Å². The molecule has 0 unspecified atom stereocenters. The summed E-state index contributed by atoms with van der Waals surface area (Å²) in [4.78, 5) is 11.8. The second kappa shape index (κ2) is 7.10. The smallest absolute Gasteiger partial charge is 0.251 e. The normalized spacial score (nSPS) is 10.1. The molecule has 0 saturated carbocycles. The molecule has 0 bridgehead atoms. The lowest BCUT2D eigenvalue weighted by Crippen LogP contribution is -2.28. The molecule has 0 fully saturated rings. The number of carbonyl (C=O) groups excluding carboxylic acids is 1. The summed E-state index contributed by atoms with van der Waals surface area (Å²) >= 11 is 3.36. The summed E-state index contributed by atoms with van der Waals surface area (Å²) in [5.74, 6) is 0.710. The lowest BCUT2D eigenvalue weighted by molar-refractivity contribution is 0.0947. The lowest BCUT2D eigenvalue weighted by Gasteiger charge is -2.08. The second-order valence-corrected chi connectivity index (χ2v) is 5.34. The van der Waals surface area contributed by atoms with Gasteiger partial charge in [-0.15, -0.1) is 0 Å². The highest BCUT2D eigenvalue weighted by molar-refractivity contribution is 9.10. The zero-order valence-corrected chi connectivity index (χ0v) is 12.8. The predicted molar refractivity (Wildman–Crippen MR) is 83.1 cm³/mol. The molecule has 0 heterocycles. The van der Waals surface area contributed by atoms with E-state index in [1.165, 1.54) is 0 Å². The highest BCUT2D eigenvalue weighted by Gasteiger charge is 2.03. The van der Waals surface area contributed by atoms with Gasteiger partial charge in [0.25, 0.3) is 5.91 Å². The zero-order valence-electron chi connectivity index (χ0n) is 11.2. The second-order valence-electron chi connectivity index (χ2n) is 4.42. The van der Waals surface area contributed by atoms with Crippen molar-refractivity contribution in [1.82, 2.24) is 5.32 Å². The van der Waals surface area contributed by atoms with Gasteiger partial charge in [-0.1, -0.05) is 33.6 Å². The largest absolute Gasteiger partial charge is 0.492 e. The molecule has 0 aliphatic heterocycles. The molecule has 0 aromatic heterocycles. The molecule has 2 rings (SSSR count). The minimum absolute atomic E-state index is 0.0793. The third-order valence-electron chi connectivity index (χ3n) is 2.78. The quantitative estimate of drug-likeness (QED) is 0.849. The summed E-state index contributed by atoms with van der Waals surface area (Å²) in [6, 6.07) is 15.1. The van der Waals surface area contributed by atoms with Gasteiger partial charge in [0.15, 0.2) is 0 Å². The number of ether oxygens (including phenoxy) is 1. The maximum Gasteiger partial charge on any atom is 0.251 e. The SMILES string of the molecule is Cc1ccc(C(=O)NCCOc2ccc(Br)cc2)cc1. The van der Waals surface area contributed by atoms with Crippen molar-refractivity contribution in [2.45, 2.75) is 6.92 Å². The van der Waals surface area contributed by atoms with Gasteiger partial charge in [0, 0.05) is 10.0 Å². The molecule has 4 heteroatoms. The van der Waals surface area contributed by atoms with Gasteiger partial charge in [0.05, 0.1) is 6.54 Å². The van der Waals surface area contributed by atoms with Crippen LogP contribution in [0.3, 0.4) is 0 Å². The first-order valence-electron chi connectivity index (χ1n) is 6.38. The fraction of sp³-hybridized carbons (Fsp3) is 0.188. The van der Waals surface area contributed by atoms with Crippen molar-refractivity contribution in [3.8, 4) is 5.75 Å². The van der Waals surface area contributed by atoms with Crippen LogP contribution in [0.25, 0.3) is 0 Å². The number of hydrogen-bond donors (Lipinski definition) is 1. The van der Waals surface area contributed by atoms with Gasteiger partial charge < -0.3 is 10.1 Å². The van der Waals surface area contributed by atoms with Crippen LogP contribution in [0.1, 0.15) is 15.9 Å². The molecule has 0 spiro atoms. The molecular weight excluding hydrogens is 318 g/mol. The fourth-order valence-corrected chi connectivity index (χ4v) is 1.94. The average Bonchev–Trinajstić information content (AvgIpc) is 2.46. The summed E-state index contributed by atoms with van der Waals surface area (Å²) in [6.45, 7) is 2.91. The number of hydrogen-bond acceptors (Lipinski definition) is 2. The molecule has 104 valence electrons. The molecule has 2 aromatic rings. The molecule has 0 radical (unpaired) electrons. The van der Waals surface area contributed by atoms with E-state index in [0.29, 0.717) is 18.7 Å². The van der Waals surface area contributed by atoms with E-state index in [0.717, 1.165) is 15.8 Å². The van der Waals surface area contributed by atoms with Gasteiger partial charge >= 0.3 is 0 Å². The van der Waals surface area contributed by atoms with E-state index in [1.54, 1.807) is 0 Å². The Labute approximate surface area is 127 Å². The lowest BCUT2D eigenvalue weighted by atomic mass is 10.1. The number of carbonyl (C=O) groups is 1. The molecule has 3 nitrogen and oxygen atoms in total. The van der Waals surface area contributed by atoms with Crippen LogP contribution in [0.2, 0.25) is 0 Å². The predicted octanol–water partition coefficient (Wildman–Crippen LogP) is 3.57. The minimum atomic E-state index is -0.0793. The first-order valence-corrected chi connectivity index (χ1v) is 7.18. The Morgan fingerprint density at radius 3 is 2.40 bits per heavy atom. The first kappa shape index (κ1) is 14.6. The topological polar surface area (TPSA) is 38.3 Å². The molecular formula is C16H16BrNO2. The van der Waals surface area contributed by atoms with Crippen LogP contribution in [0.15, 0.2) is 53.0 Å². The summed E-state index contributed by atoms with van der Waals surface area (Å²) in [5.41, 5.74) is 1.80. The Kier molecular flexibility index (Phi) is 5.18. The van der Waals surface area contributed by atoms with Gasteiger partial charge in [0.2, 0.25) is 0 Å². The molecule has 2 aromatic carbocycles. The molecule has 0 aliphatic carbocycles. The maximum absolute atomic E-state index is 11.8. The standard InChI is InChI=1S/C16H16BrNO2/c1-12-2-4-13(5-3-12)16(19)18-10-11-20-15-8-6-14(17)7-9-15/h2-9H,10-11H2,1H3,(H,18,19). The van der Waals surface area contributed by atoms with E-state index >= 15 is 0 Å². The molecule has 0 atom stereocenters. The van der Waals surface area contributed by atoms with E-state index < -0.39 is 0 Å². The molecule has 20 heavy (non-hydrogen) atoms. The summed E-state index contributed by atoms with van der Waals surface area (Å²) in [7, 11) is 0.